The van der Waals surface area contributed by atoms with Crippen LogP contribution in [0.1, 0.15) is 161 Å². The first-order chi connectivity index (χ1) is 37.8. The zero-order valence-corrected chi connectivity index (χ0v) is 45.6. The number of nitrogens with one attached hydrogen (secondary N) is 1. The molecule has 79 heavy (non-hydrogen) atoms. The zero-order valence-electron chi connectivity index (χ0n) is 44.0. The largest absolute Gasteiger partial charge is 0.480 e. The summed E-state index contributed by atoms with van der Waals surface area (Å²) in [4.78, 5) is 90.8. The van der Waals surface area contributed by atoms with Crippen LogP contribution in [0.25, 0.3) is 21.8 Å². The molecule has 2 unspecified atom stereocenters. The first-order valence-electron chi connectivity index (χ1n) is 27.1. The molecule has 6 aromatic rings. The van der Waals surface area contributed by atoms with Crippen LogP contribution in [0.15, 0.2) is 105 Å². The summed E-state index contributed by atoms with van der Waals surface area (Å²) >= 11 is 0. The molecule has 10 rings (SSSR count). The molecular weight excluding hydrogens is 1050 g/mol. The lowest BCUT2D eigenvalue weighted by molar-refractivity contribution is -0.141. The van der Waals surface area contributed by atoms with Crippen molar-refractivity contribution >= 4 is 76.8 Å². The molecule has 420 valence electrons. The molecule has 0 spiro atoms. The number of benzene rings is 2. The van der Waals surface area contributed by atoms with Crippen LogP contribution in [0, 0.1) is 11.8 Å². The SMILES string of the molecule is NC(=O)c1ccc(N)nc1.NC(=O)c1ccc(NC(=O)C(CC2CCCCC2)n2cnc3cc(S(=O)(=O)C4CCCC4)ccc3c2=O)nc1.O=C(O)C(CC1CCCCC1)n1cnc2cc(S(=O)(=O)C3CCCC3)ccc2c1=O. The number of pyridine rings is 2. The lowest BCUT2D eigenvalue weighted by Gasteiger charge is -2.27. The number of rotatable bonds is 15. The molecule has 2 aromatic carbocycles. The van der Waals surface area contributed by atoms with Gasteiger partial charge in [0.1, 0.15) is 23.7 Å². The molecule has 0 radical (unpaired) electrons. The number of nitrogens with two attached hydrogens (primary N) is 3. The van der Waals surface area contributed by atoms with E-state index in [1.807, 2.05) is 0 Å². The van der Waals surface area contributed by atoms with Gasteiger partial charge in [0.25, 0.3) is 11.1 Å². The summed E-state index contributed by atoms with van der Waals surface area (Å²) in [5, 5.41) is 12.3. The molecular formula is C56H68N10O11S2. The van der Waals surface area contributed by atoms with Crippen LogP contribution < -0.4 is 33.6 Å². The van der Waals surface area contributed by atoms with E-state index in [2.05, 4.69) is 25.3 Å². The summed E-state index contributed by atoms with van der Waals surface area (Å²) < 4.78 is 54.4. The van der Waals surface area contributed by atoms with Crippen molar-refractivity contribution < 1.29 is 41.1 Å². The Kier molecular flexibility index (Phi) is 18.7. The molecule has 2 atom stereocenters. The number of sulfone groups is 2. The molecule has 8 N–H and O–H groups in total. The van der Waals surface area contributed by atoms with Gasteiger partial charge in [-0.25, -0.2) is 41.6 Å². The van der Waals surface area contributed by atoms with Crippen LogP contribution in [0.4, 0.5) is 11.6 Å². The fraction of sp³-hybridized carbons (Fsp3) is 0.464. The van der Waals surface area contributed by atoms with Crippen molar-refractivity contribution in [1.29, 1.82) is 0 Å². The van der Waals surface area contributed by atoms with Gasteiger partial charge in [-0.15, -0.1) is 0 Å². The number of fused-ring (bicyclic) bond motifs is 2. The topological polar surface area (TPSA) is 342 Å². The summed E-state index contributed by atoms with van der Waals surface area (Å²) in [6.45, 7) is 0. The highest BCUT2D eigenvalue weighted by Gasteiger charge is 2.34. The molecule has 4 heterocycles. The van der Waals surface area contributed by atoms with Gasteiger partial charge in [0, 0.05) is 12.4 Å². The van der Waals surface area contributed by atoms with Crippen LogP contribution in [0.5, 0.6) is 0 Å². The van der Waals surface area contributed by atoms with Gasteiger partial charge in [-0.3, -0.25) is 33.1 Å². The number of aliphatic carboxylic acids is 1. The molecule has 3 amide bonds. The van der Waals surface area contributed by atoms with Crippen LogP contribution >= 0.6 is 0 Å². The van der Waals surface area contributed by atoms with E-state index in [0.717, 1.165) is 83.5 Å². The minimum atomic E-state index is -3.49. The van der Waals surface area contributed by atoms with Crippen molar-refractivity contribution in [1.82, 2.24) is 29.1 Å². The molecule has 23 heteroatoms. The number of carbonyl (C=O) groups is 4. The van der Waals surface area contributed by atoms with E-state index in [1.165, 1.54) is 101 Å². The van der Waals surface area contributed by atoms with E-state index in [9.17, 15) is 50.7 Å². The van der Waals surface area contributed by atoms with Crippen LogP contribution in [0.3, 0.4) is 0 Å². The highest BCUT2D eigenvalue weighted by Crippen LogP contribution is 2.35. The van der Waals surface area contributed by atoms with E-state index in [4.69, 9.17) is 17.2 Å². The number of nitrogens with zero attached hydrogens (tertiary/aromatic N) is 6. The Labute approximate surface area is 457 Å². The van der Waals surface area contributed by atoms with Gasteiger partial charge in [0.15, 0.2) is 19.7 Å². The third-order valence-electron chi connectivity index (χ3n) is 15.8. The Morgan fingerprint density at radius 2 is 0.975 bits per heavy atom. The number of hydrogen-bond donors (Lipinski definition) is 5. The van der Waals surface area contributed by atoms with Crippen molar-refractivity contribution in [2.24, 2.45) is 23.3 Å². The van der Waals surface area contributed by atoms with Gasteiger partial charge in [-0.1, -0.05) is 89.9 Å². The minimum absolute atomic E-state index is 0.175. The van der Waals surface area contributed by atoms with E-state index >= 15 is 0 Å². The average Bonchev–Trinajstić information content (AvgIpc) is 4.28. The van der Waals surface area contributed by atoms with Crippen molar-refractivity contribution in [3.8, 4) is 0 Å². The number of carbonyl (C=O) groups excluding carboxylic acids is 3. The summed E-state index contributed by atoms with van der Waals surface area (Å²) in [5.41, 5.74) is 15.8. The lowest BCUT2D eigenvalue weighted by atomic mass is 9.84. The van der Waals surface area contributed by atoms with Crippen molar-refractivity contribution in [3.63, 3.8) is 0 Å². The number of primary amides is 2. The Hall–Kier alpha value is -7.40. The van der Waals surface area contributed by atoms with E-state index in [0.29, 0.717) is 55.8 Å². The maximum absolute atomic E-state index is 13.6. The minimum Gasteiger partial charge on any atom is -0.480 e. The van der Waals surface area contributed by atoms with E-state index < -0.39 is 71.8 Å². The van der Waals surface area contributed by atoms with Crippen molar-refractivity contribution in [3.05, 3.63) is 118 Å². The molecule has 0 aliphatic heterocycles. The number of anilines is 2. The number of aromatic nitrogens is 6. The quantitative estimate of drug-likeness (QED) is 0.0677. The van der Waals surface area contributed by atoms with Crippen LogP contribution in [0.2, 0.25) is 0 Å². The number of carboxylic acid groups (broad SMARTS) is 1. The number of carboxylic acids is 1. The van der Waals surface area contributed by atoms with Gasteiger partial charge in [-0.05, 0) is 111 Å². The molecule has 21 nitrogen and oxygen atoms in total. The van der Waals surface area contributed by atoms with Gasteiger partial charge < -0.3 is 27.6 Å². The first kappa shape index (κ1) is 57.8. The zero-order chi connectivity index (χ0) is 56.4. The average molecular weight is 1120 g/mol. The predicted octanol–water partition coefficient (Wildman–Crippen LogP) is 7.23. The Morgan fingerprint density at radius 1 is 0.557 bits per heavy atom. The second-order valence-corrected chi connectivity index (χ2v) is 25.6. The second kappa shape index (κ2) is 25.6. The summed E-state index contributed by atoms with van der Waals surface area (Å²) in [5.74, 6) is -1.38. The maximum atomic E-state index is 13.6. The van der Waals surface area contributed by atoms with E-state index in [1.54, 1.807) is 0 Å². The Bertz CT molecular complexity index is 3530. The maximum Gasteiger partial charge on any atom is 0.326 e. The molecule has 4 aliphatic carbocycles. The predicted molar refractivity (Wildman–Crippen MR) is 298 cm³/mol. The third kappa shape index (κ3) is 13.9. The highest BCUT2D eigenvalue weighted by atomic mass is 32.2. The smallest absolute Gasteiger partial charge is 0.326 e. The highest BCUT2D eigenvalue weighted by molar-refractivity contribution is 7.92. The monoisotopic (exact) mass is 1120 g/mol. The Balaban J connectivity index is 0.000000181. The Morgan fingerprint density at radius 3 is 1.38 bits per heavy atom. The summed E-state index contributed by atoms with van der Waals surface area (Å²) in [6.07, 6.45) is 23.0. The van der Waals surface area contributed by atoms with Crippen LogP contribution in [-0.2, 0) is 29.3 Å². The van der Waals surface area contributed by atoms with Crippen molar-refractivity contribution in [2.75, 3.05) is 11.1 Å². The molecule has 0 saturated heterocycles. The lowest BCUT2D eigenvalue weighted by Crippen LogP contribution is -2.35. The first-order valence-corrected chi connectivity index (χ1v) is 30.2. The summed E-state index contributed by atoms with van der Waals surface area (Å²) in [7, 11) is -6.94. The molecule has 4 saturated carbocycles. The number of hydrogen-bond acceptors (Lipinski definition) is 15. The van der Waals surface area contributed by atoms with Gasteiger partial charge in [-0.2, -0.15) is 0 Å². The molecule has 4 aliphatic rings. The van der Waals surface area contributed by atoms with Crippen LogP contribution in [-0.4, -0.2) is 85.2 Å². The standard InChI is InChI=1S/C28H33N5O5S.C22H28N2O5S.C6H7N3O/c29-26(34)19-10-13-25(30-16-19)32-27(35)24(14-18-6-2-1-3-7-18)33-17-31-23-15-21(11-12-22(23)28(33)36)39(37,38)20-8-4-5-9-20;25-21-18-11-10-17(30(28,29)16-8-4-5-9-16)13-19(18)23-14-24(21)20(22(26)27)12-15-6-2-1-3-7-15;7-5-2-1-4(3-9-5)6(8)10/h10-13,15-18,20,24H,1-9,14H2,(H2,29,34)(H,30,32,35);10-11,13-16,20H,1-9,12H2,(H,26,27);1-3H,(H2,7,9)(H2,8,10). The fourth-order valence-electron chi connectivity index (χ4n) is 11.3. The molecule has 4 aromatic heterocycles. The van der Waals surface area contributed by atoms with E-state index in [-0.39, 0.29) is 54.1 Å². The number of amides is 3. The van der Waals surface area contributed by atoms with Gasteiger partial charge >= 0.3 is 5.97 Å². The normalized spacial score (nSPS) is 17.5. The third-order valence-corrected chi connectivity index (χ3v) is 20.4. The second-order valence-electron chi connectivity index (χ2n) is 21.1. The van der Waals surface area contributed by atoms with Gasteiger partial charge in [0.05, 0.1) is 65.9 Å². The molecule has 4 fully saturated rings. The van der Waals surface area contributed by atoms with Gasteiger partial charge in [0.2, 0.25) is 17.7 Å². The number of nitrogen functional groups attached to an aromatic ring is 1. The summed E-state index contributed by atoms with van der Waals surface area (Å²) in [6, 6.07) is 13.1. The fourth-order valence-corrected chi connectivity index (χ4v) is 15.1. The van der Waals surface area contributed by atoms with Crippen molar-refractivity contribution in [2.45, 2.75) is 161 Å². The molecule has 0 bridgehead atoms.